The second-order valence-electron chi connectivity index (χ2n) is 7.45. The number of hydrogen-bond donors (Lipinski definition) is 1. The predicted molar refractivity (Wildman–Crippen MR) is 112 cm³/mol. The molecular weight excluding hydrogens is 371 g/mol. The van der Waals surface area contributed by atoms with E-state index in [1.54, 1.807) is 17.0 Å². The van der Waals surface area contributed by atoms with Crippen LogP contribution in [0.25, 0.3) is 0 Å². The largest absolute Gasteiger partial charge is 0.372 e. The maximum absolute atomic E-state index is 13.1. The van der Waals surface area contributed by atoms with Crippen molar-refractivity contribution < 1.29 is 14.0 Å². The topological polar surface area (TPSA) is 55.9 Å². The molecule has 2 amide bonds. The van der Waals surface area contributed by atoms with Gasteiger partial charge in [0.25, 0.3) is 0 Å². The highest BCUT2D eigenvalue weighted by molar-refractivity contribution is 6.39. The molecule has 2 aliphatic heterocycles. The Balaban J connectivity index is 1.29. The van der Waals surface area contributed by atoms with Crippen molar-refractivity contribution in [3.63, 3.8) is 0 Å². The lowest BCUT2D eigenvalue weighted by molar-refractivity contribution is -0.143. The number of carbonyl (C=O) groups is 2. The molecular formula is C22H25FN4O2. The minimum absolute atomic E-state index is 0.271. The van der Waals surface area contributed by atoms with Crippen LogP contribution in [0.3, 0.4) is 0 Å². The van der Waals surface area contributed by atoms with Gasteiger partial charge in [-0.05, 0) is 61.4 Å². The van der Waals surface area contributed by atoms with Gasteiger partial charge < -0.3 is 20.0 Å². The Hall–Kier alpha value is -3.09. The first-order valence-corrected chi connectivity index (χ1v) is 10.1. The molecule has 2 saturated heterocycles. The maximum atomic E-state index is 13.1. The quantitative estimate of drug-likeness (QED) is 0.811. The summed E-state index contributed by atoms with van der Waals surface area (Å²) in [6.07, 6.45) is 2.42. The van der Waals surface area contributed by atoms with Crippen molar-refractivity contribution in [2.45, 2.75) is 12.8 Å². The second-order valence-corrected chi connectivity index (χ2v) is 7.45. The summed E-state index contributed by atoms with van der Waals surface area (Å²) in [6, 6.07) is 13.9. The second kappa shape index (κ2) is 8.51. The minimum Gasteiger partial charge on any atom is -0.372 e. The molecule has 0 unspecified atom stereocenters. The van der Waals surface area contributed by atoms with Gasteiger partial charge >= 0.3 is 11.8 Å². The first kappa shape index (κ1) is 19.2. The molecule has 0 atom stereocenters. The van der Waals surface area contributed by atoms with Crippen molar-refractivity contribution in [2.75, 3.05) is 54.4 Å². The third-order valence-electron chi connectivity index (χ3n) is 5.55. The van der Waals surface area contributed by atoms with E-state index in [2.05, 4.69) is 15.1 Å². The van der Waals surface area contributed by atoms with Crippen molar-refractivity contribution in [1.82, 2.24) is 4.90 Å². The van der Waals surface area contributed by atoms with Gasteiger partial charge in [0.1, 0.15) is 5.82 Å². The number of benzene rings is 2. The van der Waals surface area contributed by atoms with Crippen LogP contribution in [0.5, 0.6) is 0 Å². The monoisotopic (exact) mass is 396 g/mol. The van der Waals surface area contributed by atoms with Crippen molar-refractivity contribution >= 4 is 28.9 Å². The highest BCUT2D eigenvalue weighted by Gasteiger charge is 2.26. The van der Waals surface area contributed by atoms with Crippen LogP contribution in [0.1, 0.15) is 12.8 Å². The van der Waals surface area contributed by atoms with Crippen LogP contribution in [0.15, 0.2) is 48.5 Å². The van der Waals surface area contributed by atoms with Crippen LogP contribution in [-0.4, -0.2) is 56.0 Å². The summed E-state index contributed by atoms with van der Waals surface area (Å²) in [6.45, 7) is 4.25. The molecule has 2 aliphatic rings. The molecule has 0 radical (unpaired) electrons. The minimum atomic E-state index is -0.617. The van der Waals surface area contributed by atoms with Crippen LogP contribution in [-0.2, 0) is 9.59 Å². The molecule has 7 heteroatoms. The molecule has 0 spiro atoms. The Bertz CT molecular complexity index is 855. The Morgan fingerprint density at radius 3 is 1.83 bits per heavy atom. The van der Waals surface area contributed by atoms with E-state index in [0.29, 0.717) is 31.9 Å². The predicted octanol–water partition coefficient (Wildman–Crippen LogP) is 2.71. The molecule has 2 aromatic carbocycles. The number of nitrogens with zero attached hydrogens (tertiary/aromatic N) is 3. The van der Waals surface area contributed by atoms with Gasteiger partial charge in [0, 0.05) is 56.3 Å². The summed E-state index contributed by atoms with van der Waals surface area (Å²) >= 11 is 0. The van der Waals surface area contributed by atoms with E-state index in [-0.39, 0.29) is 5.82 Å². The molecule has 152 valence electrons. The summed E-state index contributed by atoms with van der Waals surface area (Å²) in [5.74, 6) is -1.41. The zero-order chi connectivity index (χ0) is 20.2. The van der Waals surface area contributed by atoms with Crippen molar-refractivity contribution in [3.8, 4) is 0 Å². The highest BCUT2D eigenvalue weighted by Crippen LogP contribution is 2.22. The summed E-state index contributed by atoms with van der Waals surface area (Å²) in [7, 11) is 0. The molecule has 2 aromatic rings. The SMILES string of the molecule is O=C(Nc1ccc(N2CCCC2)cc1)C(=O)N1CCN(c2ccc(F)cc2)CC1. The Morgan fingerprint density at radius 2 is 1.24 bits per heavy atom. The molecule has 29 heavy (non-hydrogen) atoms. The molecule has 6 nitrogen and oxygen atoms in total. The Labute approximate surface area is 169 Å². The molecule has 2 heterocycles. The van der Waals surface area contributed by atoms with Crippen LogP contribution in [0.4, 0.5) is 21.5 Å². The van der Waals surface area contributed by atoms with Gasteiger partial charge in [-0.15, -0.1) is 0 Å². The van der Waals surface area contributed by atoms with Gasteiger partial charge in [-0.2, -0.15) is 0 Å². The third-order valence-corrected chi connectivity index (χ3v) is 5.55. The van der Waals surface area contributed by atoms with Gasteiger partial charge in [0.15, 0.2) is 0 Å². The fraction of sp³-hybridized carbons (Fsp3) is 0.364. The standard InChI is InChI=1S/C22H25FN4O2/c23-17-3-7-19(8-4-17)26-13-15-27(16-14-26)22(29)21(28)24-18-5-9-20(10-6-18)25-11-1-2-12-25/h3-10H,1-2,11-16H2,(H,24,28). The van der Waals surface area contributed by atoms with E-state index in [9.17, 15) is 14.0 Å². The van der Waals surface area contributed by atoms with E-state index in [4.69, 9.17) is 0 Å². The fourth-order valence-electron chi connectivity index (χ4n) is 3.88. The molecule has 4 rings (SSSR count). The van der Waals surface area contributed by atoms with Gasteiger partial charge in [0.2, 0.25) is 0 Å². The molecule has 0 saturated carbocycles. The lowest BCUT2D eigenvalue weighted by Crippen LogP contribution is -2.51. The number of anilines is 3. The average molecular weight is 396 g/mol. The summed E-state index contributed by atoms with van der Waals surface area (Å²) < 4.78 is 13.1. The number of carbonyl (C=O) groups excluding carboxylic acids is 2. The molecule has 0 aliphatic carbocycles. The van der Waals surface area contributed by atoms with Crippen molar-refractivity contribution in [1.29, 1.82) is 0 Å². The van der Waals surface area contributed by atoms with E-state index in [0.717, 1.165) is 24.5 Å². The van der Waals surface area contributed by atoms with Gasteiger partial charge in [-0.1, -0.05) is 0 Å². The number of halogens is 1. The zero-order valence-corrected chi connectivity index (χ0v) is 16.3. The highest BCUT2D eigenvalue weighted by atomic mass is 19.1. The lowest BCUT2D eigenvalue weighted by atomic mass is 10.2. The van der Waals surface area contributed by atoms with Crippen LogP contribution < -0.4 is 15.1 Å². The maximum Gasteiger partial charge on any atom is 0.313 e. The first-order chi connectivity index (χ1) is 14.1. The molecule has 0 aromatic heterocycles. The van der Waals surface area contributed by atoms with E-state index < -0.39 is 11.8 Å². The van der Waals surface area contributed by atoms with Gasteiger partial charge in [-0.3, -0.25) is 9.59 Å². The van der Waals surface area contributed by atoms with Crippen molar-refractivity contribution in [3.05, 3.63) is 54.3 Å². The fourth-order valence-corrected chi connectivity index (χ4v) is 3.88. The number of piperazine rings is 1. The molecule has 1 N–H and O–H groups in total. The van der Waals surface area contributed by atoms with E-state index in [1.165, 1.54) is 25.0 Å². The Kier molecular flexibility index (Phi) is 5.64. The lowest BCUT2D eigenvalue weighted by Gasteiger charge is -2.35. The smallest absolute Gasteiger partial charge is 0.313 e. The first-order valence-electron chi connectivity index (χ1n) is 10.1. The van der Waals surface area contributed by atoms with Crippen LogP contribution in [0, 0.1) is 5.82 Å². The number of rotatable bonds is 3. The summed E-state index contributed by atoms with van der Waals surface area (Å²) in [4.78, 5) is 30.8. The van der Waals surface area contributed by atoms with Crippen LogP contribution in [0.2, 0.25) is 0 Å². The normalized spacial score (nSPS) is 16.8. The zero-order valence-electron chi connectivity index (χ0n) is 16.3. The van der Waals surface area contributed by atoms with Crippen LogP contribution >= 0.6 is 0 Å². The summed E-state index contributed by atoms with van der Waals surface area (Å²) in [5.41, 5.74) is 2.68. The Morgan fingerprint density at radius 1 is 0.724 bits per heavy atom. The third kappa shape index (κ3) is 4.50. The van der Waals surface area contributed by atoms with E-state index >= 15 is 0 Å². The van der Waals surface area contributed by atoms with E-state index in [1.807, 2.05) is 24.3 Å². The average Bonchev–Trinajstić information content (AvgIpc) is 3.29. The number of amides is 2. The summed E-state index contributed by atoms with van der Waals surface area (Å²) in [5, 5.41) is 2.70. The van der Waals surface area contributed by atoms with Crippen molar-refractivity contribution in [2.24, 2.45) is 0 Å². The van der Waals surface area contributed by atoms with Gasteiger partial charge in [-0.25, -0.2) is 4.39 Å². The molecule has 0 bridgehead atoms. The number of nitrogens with one attached hydrogen (secondary N) is 1. The number of hydrogen-bond acceptors (Lipinski definition) is 4. The van der Waals surface area contributed by atoms with Gasteiger partial charge in [0.05, 0.1) is 0 Å². The molecule has 2 fully saturated rings.